The average Bonchev–Trinajstić information content (AvgIpc) is 2.89. The summed E-state index contributed by atoms with van der Waals surface area (Å²) in [6.07, 6.45) is 0.764. The number of rotatable bonds is 11. The lowest BCUT2D eigenvalue weighted by atomic mass is 10.1. The van der Waals surface area contributed by atoms with Gasteiger partial charge < -0.3 is 10.2 Å². The van der Waals surface area contributed by atoms with Gasteiger partial charge in [0.1, 0.15) is 12.6 Å². The van der Waals surface area contributed by atoms with Crippen LogP contribution in [0.5, 0.6) is 0 Å². The third-order valence-electron chi connectivity index (χ3n) is 6.42. The maximum absolute atomic E-state index is 13.9. The normalized spacial score (nSPS) is 12.0. The average molecular weight is 536 g/mol. The Balaban J connectivity index is 2.04. The molecule has 1 N–H and O–H groups in total. The molecule has 0 aliphatic carbocycles. The molecule has 8 heteroatoms. The molecule has 1 unspecified atom stereocenters. The van der Waals surface area contributed by atoms with Gasteiger partial charge in [-0.25, -0.2) is 8.42 Å². The molecule has 0 aliphatic rings. The molecule has 1 atom stereocenters. The first kappa shape index (κ1) is 28.9. The van der Waals surface area contributed by atoms with Crippen molar-refractivity contribution in [2.75, 3.05) is 17.4 Å². The molecule has 0 bridgehead atoms. The number of hydrogen-bond acceptors (Lipinski definition) is 4. The number of benzene rings is 3. The van der Waals surface area contributed by atoms with Crippen LogP contribution in [-0.4, -0.2) is 44.3 Å². The molecule has 3 aromatic carbocycles. The maximum Gasteiger partial charge on any atom is 0.264 e. The minimum absolute atomic E-state index is 0.0965. The molecule has 2 amide bonds. The van der Waals surface area contributed by atoms with E-state index in [1.807, 2.05) is 70.2 Å². The highest BCUT2D eigenvalue weighted by molar-refractivity contribution is 7.92. The van der Waals surface area contributed by atoms with E-state index in [0.717, 1.165) is 33.0 Å². The Hall–Kier alpha value is -3.65. The highest BCUT2D eigenvalue weighted by atomic mass is 32.2. The standard InChI is InChI=1S/C30H37N3O4S/c1-6-18-31-30(35)25(5)32(20-26-10-8-7-9-11-26)29(34)21-33(28-17-14-23(3)19-24(28)4)38(36,37)27-15-12-22(2)13-16-27/h7-17,19,25H,6,18,20-21H2,1-5H3,(H,31,35). The Morgan fingerprint density at radius 2 is 1.53 bits per heavy atom. The summed E-state index contributed by atoms with van der Waals surface area (Å²) in [7, 11) is -4.08. The maximum atomic E-state index is 13.9. The fourth-order valence-corrected chi connectivity index (χ4v) is 5.67. The summed E-state index contributed by atoms with van der Waals surface area (Å²) in [6.45, 7) is 9.48. The van der Waals surface area contributed by atoms with Crippen LogP contribution >= 0.6 is 0 Å². The molecule has 0 fully saturated rings. The first-order valence-electron chi connectivity index (χ1n) is 12.8. The van der Waals surface area contributed by atoms with Crippen molar-refractivity contribution in [2.45, 2.75) is 58.5 Å². The van der Waals surface area contributed by atoms with E-state index in [9.17, 15) is 18.0 Å². The molecule has 0 aliphatic heterocycles. The summed E-state index contributed by atoms with van der Waals surface area (Å²) >= 11 is 0. The Bertz CT molecular complexity index is 1360. The van der Waals surface area contributed by atoms with Gasteiger partial charge in [0.05, 0.1) is 10.6 Å². The summed E-state index contributed by atoms with van der Waals surface area (Å²) in [5.74, 6) is -0.751. The van der Waals surface area contributed by atoms with Crippen LogP contribution in [0.25, 0.3) is 0 Å². The predicted molar refractivity (Wildman–Crippen MR) is 151 cm³/mol. The van der Waals surface area contributed by atoms with Gasteiger partial charge in [0.25, 0.3) is 10.0 Å². The molecule has 7 nitrogen and oxygen atoms in total. The highest BCUT2D eigenvalue weighted by Crippen LogP contribution is 2.28. The van der Waals surface area contributed by atoms with E-state index in [0.29, 0.717) is 12.2 Å². The molecule has 3 aromatic rings. The van der Waals surface area contributed by atoms with Gasteiger partial charge >= 0.3 is 0 Å². The molecule has 0 radical (unpaired) electrons. The molecule has 0 heterocycles. The number of sulfonamides is 1. The monoisotopic (exact) mass is 535 g/mol. The van der Waals surface area contributed by atoms with Gasteiger partial charge in [-0.15, -0.1) is 0 Å². The van der Waals surface area contributed by atoms with Crippen molar-refractivity contribution in [3.05, 3.63) is 95.1 Å². The lowest BCUT2D eigenvalue weighted by molar-refractivity contribution is -0.139. The molecule has 0 aromatic heterocycles. The topological polar surface area (TPSA) is 86.8 Å². The largest absolute Gasteiger partial charge is 0.354 e. The lowest BCUT2D eigenvalue weighted by Crippen LogP contribution is -2.51. The van der Waals surface area contributed by atoms with E-state index < -0.39 is 28.5 Å². The Labute approximate surface area is 226 Å². The van der Waals surface area contributed by atoms with Crippen molar-refractivity contribution in [1.82, 2.24) is 10.2 Å². The van der Waals surface area contributed by atoms with Gasteiger partial charge in [0.15, 0.2) is 0 Å². The molecule has 0 saturated carbocycles. The smallest absolute Gasteiger partial charge is 0.264 e. The number of aryl methyl sites for hydroxylation is 3. The van der Waals surface area contributed by atoms with Gasteiger partial charge in [-0.2, -0.15) is 0 Å². The number of carbonyl (C=O) groups excluding carboxylic acids is 2. The zero-order valence-corrected chi connectivity index (χ0v) is 23.6. The fourth-order valence-electron chi connectivity index (χ4n) is 4.19. The highest BCUT2D eigenvalue weighted by Gasteiger charge is 2.33. The molecular weight excluding hydrogens is 498 g/mol. The number of hydrogen-bond donors (Lipinski definition) is 1. The van der Waals surface area contributed by atoms with Crippen molar-refractivity contribution < 1.29 is 18.0 Å². The van der Waals surface area contributed by atoms with Crippen LogP contribution in [0, 0.1) is 20.8 Å². The van der Waals surface area contributed by atoms with Gasteiger partial charge in [-0.05, 0) is 63.4 Å². The fraction of sp³-hybridized carbons (Fsp3) is 0.333. The molecule has 0 saturated heterocycles. The zero-order valence-electron chi connectivity index (χ0n) is 22.8. The van der Waals surface area contributed by atoms with Crippen molar-refractivity contribution in [2.24, 2.45) is 0 Å². The van der Waals surface area contributed by atoms with Gasteiger partial charge in [0.2, 0.25) is 11.8 Å². The van der Waals surface area contributed by atoms with Crippen molar-refractivity contribution >= 4 is 27.5 Å². The summed E-state index contributed by atoms with van der Waals surface area (Å²) in [5, 5.41) is 2.85. The van der Waals surface area contributed by atoms with E-state index in [-0.39, 0.29) is 17.3 Å². The van der Waals surface area contributed by atoms with Crippen LogP contribution in [0.2, 0.25) is 0 Å². The molecule has 38 heavy (non-hydrogen) atoms. The van der Waals surface area contributed by atoms with Crippen molar-refractivity contribution in [1.29, 1.82) is 0 Å². The molecule has 202 valence electrons. The van der Waals surface area contributed by atoms with Crippen LogP contribution in [0.4, 0.5) is 5.69 Å². The third-order valence-corrected chi connectivity index (χ3v) is 8.20. The van der Waals surface area contributed by atoms with Crippen molar-refractivity contribution in [3.8, 4) is 0 Å². The van der Waals surface area contributed by atoms with E-state index in [2.05, 4.69) is 5.32 Å². The van der Waals surface area contributed by atoms with Gasteiger partial charge in [-0.1, -0.05) is 72.6 Å². The molecular formula is C30H37N3O4S. The van der Waals surface area contributed by atoms with Crippen LogP contribution in [0.15, 0.2) is 77.7 Å². The molecule has 3 rings (SSSR count). The second-order valence-electron chi connectivity index (χ2n) is 9.59. The van der Waals surface area contributed by atoms with Crippen LogP contribution in [0.3, 0.4) is 0 Å². The number of amides is 2. The summed E-state index contributed by atoms with van der Waals surface area (Å²) in [4.78, 5) is 28.3. The predicted octanol–water partition coefficient (Wildman–Crippen LogP) is 4.75. The zero-order chi connectivity index (χ0) is 27.9. The number of nitrogens with zero attached hydrogens (tertiary/aromatic N) is 2. The minimum Gasteiger partial charge on any atom is -0.354 e. The van der Waals surface area contributed by atoms with Gasteiger partial charge in [-0.3, -0.25) is 13.9 Å². The number of nitrogens with one attached hydrogen (secondary N) is 1. The first-order valence-corrected chi connectivity index (χ1v) is 14.3. The first-order chi connectivity index (χ1) is 18.0. The quantitative estimate of drug-likeness (QED) is 0.384. The Morgan fingerprint density at radius 1 is 0.895 bits per heavy atom. The van der Waals surface area contributed by atoms with E-state index >= 15 is 0 Å². The molecule has 0 spiro atoms. The van der Waals surface area contributed by atoms with Crippen LogP contribution < -0.4 is 9.62 Å². The Kier molecular flexibility index (Phi) is 9.69. The minimum atomic E-state index is -4.08. The summed E-state index contributed by atoms with van der Waals surface area (Å²) in [5.41, 5.74) is 3.91. The van der Waals surface area contributed by atoms with E-state index in [1.165, 1.54) is 4.90 Å². The summed E-state index contributed by atoms with van der Waals surface area (Å²) < 4.78 is 29.0. The third kappa shape index (κ3) is 7.01. The lowest BCUT2D eigenvalue weighted by Gasteiger charge is -2.32. The number of carbonyl (C=O) groups is 2. The second kappa shape index (κ2) is 12.7. The van der Waals surface area contributed by atoms with E-state index in [4.69, 9.17) is 0 Å². The van der Waals surface area contributed by atoms with E-state index in [1.54, 1.807) is 37.3 Å². The Morgan fingerprint density at radius 3 is 2.13 bits per heavy atom. The SMILES string of the molecule is CCCNC(=O)C(C)N(Cc1ccccc1)C(=O)CN(c1ccc(C)cc1C)S(=O)(=O)c1ccc(C)cc1. The van der Waals surface area contributed by atoms with Crippen LogP contribution in [0.1, 0.15) is 42.5 Å². The van der Waals surface area contributed by atoms with Crippen LogP contribution in [-0.2, 0) is 26.2 Å². The van der Waals surface area contributed by atoms with Gasteiger partial charge in [0, 0.05) is 13.1 Å². The number of anilines is 1. The van der Waals surface area contributed by atoms with Crippen molar-refractivity contribution in [3.63, 3.8) is 0 Å². The second-order valence-corrected chi connectivity index (χ2v) is 11.5. The summed E-state index contributed by atoms with van der Waals surface area (Å²) in [6, 6.07) is 20.6.